The van der Waals surface area contributed by atoms with Crippen molar-refractivity contribution in [3.63, 3.8) is 0 Å². The molecule has 1 rings (SSSR count). The van der Waals surface area contributed by atoms with E-state index in [4.69, 9.17) is 4.74 Å². The Hall–Kier alpha value is -0.900. The van der Waals surface area contributed by atoms with Gasteiger partial charge in [-0.25, -0.2) is 0 Å². The molecular weight excluding hydrogens is 180 g/mol. The molecule has 3 heteroatoms. The highest BCUT2D eigenvalue weighted by Gasteiger charge is 2.16. The second kappa shape index (κ2) is 5.75. The summed E-state index contributed by atoms with van der Waals surface area (Å²) >= 11 is 0. The van der Waals surface area contributed by atoms with Crippen molar-refractivity contribution < 1.29 is 14.9 Å². The summed E-state index contributed by atoms with van der Waals surface area (Å²) in [6, 6.07) is 9.52. The monoisotopic (exact) mass is 196 g/mol. The van der Waals surface area contributed by atoms with Gasteiger partial charge < -0.3 is 14.9 Å². The number of aliphatic hydroxyl groups is 2. The zero-order chi connectivity index (χ0) is 10.4. The topological polar surface area (TPSA) is 49.7 Å². The first-order chi connectivity index (χ1) is 6.74. The molecule has 2 N–H and O–H groups in total. The summed E-state index contributed by atoms with van der Waals surface area (Å²) in [7, 11) is 0. The van der Waals surface area contributed by atoms with Crippen LogP contribution in [0.2, 0.25) is 0 Å². The van der Waals surface area contributed by atoms with Crippen LogP contribution in [0.3, 0.4) is 0 Å². The van der Waals surface area contributed by atoms with E-state index >= 15 is 0 Å². The van der Waals surface area contributed by atoms with E-state index < -0.39 is 12.4 Å². The number of ether oxygens (including phenoxy) is 1. The predicted molar refractivity (Wildman–Crippen MR) is 53.8 cm³/mol. The van der Waals surface area contributed by atoms with E-state index in [0.29, 0.717) is 13.0 Å². The zero-order valence-corrected chi connectivity index (χ0v) is 8.26. The molecule has 0 fully saturated rings. The molecule has 0 aliphatic rings. The lowest BCUT2D eigenvalue weighted by molar-refractivity contribution is -0.157. The van der Waals surface area contributed by atoms with Gasteiger partial charge in [0.1, 0.15) is 6.10 Å². The Kier molecular flexibility index (Phi) is 4.59. The number of hydrogen-bond acceptors (Lipinski definition) is 3. The molecule has 0 radical (unpaired) electrons. The molecular formula is C11H16O3. The summed E-state index contributed by atoms with van der Waals surface area (Å²) in [6.45, 7) is 2.17. The first-order valence-corrected chi connectivity index (χ1v) is 4.75. The van der Waals surface area contributed by atoms with E-state index in [1.807, 2.05) is 30.3 Å². The average molecular weight is 196 g/mol. The second-order valence-electron chi connectivity index (χ2n) is 3.10. The Morgan fingerprint density at radius 3 is 2.43 bits per heavy atom. The normalized spacial score (nSPS) is 15.1. The summed E-state index contributed by atoms with van der Waals surface area (Å²) in [6.07, 6.45) is -1.56. The molecule has 1 aromatic carbocycles. The standard InChI is InChI=1S/C11H16O3/c1-2-14-11(13)10(12)8-9-6-4-3-5-7-9/h3-7,10-13H,2,8H2,1H3. The lowest BCUT2D eigenvalue weighted by Crippen LogP contribution is -2.30. The summed E-state index contributed by atoms with van der Waals surface area (Å²) < 4.78 is 4.88. The van der Waals surface area contributed by atoms with Crippen LogP contribution in [0.4, 0.5) is 0 Å². The second-order valence-corrected chi connectivity index (χ2v) is 3.10. The van der Waals surface area contributed by atoms with Crippen molar-refractivity contribution in [3.05, 3.63) is 35.9 Å². The maximum absolute atomic E-state index is 9.53. The Morgan fingerprint density at radius 1 is 1.21 bits per heavy atom. The van der Waals surface area contributed by atoms with Crippen molar-refractivity contribution in [2.24, 2.45) is 0 Å². The van der Waals surface area contributed by atoms with E-state index in [-0.39, 0.29) is 0 Å². The fraction of sp³-hybridized carbons (Fsp3) is 0.455. The molecule has 0 spiro atoms. The van der Waals surface area contributed by atoms with Gasteiger partial charge in [0.05, 0.1) is 0 Å². The summed E-state index contributed by atoms with van der Waals surface area (Å²) in [5.41, 5.74) is 0.985. The van der Waals surface area contributed by atoms with E-state index in [1.54, 1.807) is 6.92 Å². The van der Waals surface area contributed by atoms with Gasteiger partial charge in [0.15, 0.2) is 6.29 Å². The van der Waals surface area contributed by atoms with Crippen molar-refractivity contribution in [2.75, 3.05) is 6.61 Å². The van der Waals surface area contributed by atoms with Crippen molar-refractivity contribution >= 4 is 0 Å². The summed E-state index contributed by atoms with van der Waals surface area (Å²) in [4.78, 5) is 0. The van der Waals surface area contributed by atoms with Crippen molar-refractivity contribution in [3.8, 4) is 0 Å². The van der Waals surface area contributed by atoms with Gasteiger partial charge in [0.2, 0.25) is 0 Å². The Labute approximate surface area is 84.0 Å². The van der Waals surface area contributed by atoms with Crippen LogP contribution in [0.5, 0.6) is 0 Å². The first-order valence-electron chi connectivity index (χ1n) is 4.75. The van der Waals surface area contributed by atoms with Gasteiger partial charge in [0, 0.05) is 13.0 Å². The van der Waals surface area contributed by atoms with E-state index in [9.17, 15) is 10.2 Å². The highest BCUT2D eigenvalue weighted by Crippen LogP contribution is 2.06. The Bertz CT molecular complexity index is 248. The van der Waals surface area contributed by atoms with Gasteiger partial charge in [-0.2, -0.15) is 0 Å². The van der Waals surface area contributed by atoms with Crippen molar-refractivity contribution in [1.29, 1.82) is 0 Å². The summed E-state index contributed by atoms with van der Waals surface area (Å²) in [5, 5.41) is 18.8. The van der Waals surface area contributed by atoms with Gasteiger partial charge in [-0.3, -0.25) is 0 Å². The molecule has 0 amide bonds. The number of rotatable bonds is 5. The maximum atomic E-state index is 9.53. The van der Waals surface area contributed by atoms with Crippen molar-refractivity contribution in [1.82, 2.24) is 0 Å². The van der Waals surface area contributed by atoms with Gasteiger partial charge in [-0.1, -0.05) is 30.3 Å². The SMILES string of the molecule is CCOC(O)C(O)Cc1ccccc1. The molecule has 0 aliphatic carbocycles. The molecule has 78 valence electrons. The predicted octanol–water partition coefficient (Wildman–Crippen LogP) is 0.945. The molecule has 0 bridgehead atoms. The lowest BCUT2D eigenvalue weighted by Gasteiger charge is -2.17. The minimum Gasteiger partial charge on any atom is -0.387 e. The van der Waals surface area contributed by atoms with Gasteiger partial charge in [-0.05, 0) is 12.5 Å². The van der Waals surface area contributed by atoms with Gasteiger partial charge in [0.25, 0.3) is 0 Å². The van der Waals surface area contributed by atoms with Gasteiger partial charge >= 0.3 is 0 Å². The minimum absolute atomic E-state index is 0.396. The fourth-order valence-corrected chi connectivity index (χ4v) is 1.24. The van der Waals surface area contributed by atoms with Crippen LogP contribution in [-0.2, 0) is 11.2 Å². The van der Waals surface area contributed by atoms with E-state index in [2.05, 4.69) is 0 Å². The van der Waals surface area contributed by atoms with Gasteiger partial charge in [-0.15, -0.1) is 0 Å². The molecule has 3 nitrogen and oxygen atoms in total. The first kappa shape index (κ1) is 11.2. The quantitative estimate of drug-likeness (QED) is 0.689. The number of benzene rings is 1. The zero-order valence-electron chi connectivity index (χ0n) is 8.26. The average Bonchev–Trinajstić information content (AvgIpc) is 2.19. The van der Waals surface area contributed by atoms with Crippen LogP contribution in [0.1, 0.15) is 12.5 Å². The third kappa shape index (κ3) is 3.46. The number of aliphatic hydroxyl groups excluding tert-OH is 2. The molecule has 0 aliphatic heterocycles. The lowest BCUT2D eigenvalue weighted by atomic mass is 10.1. The van der Waals surface area contributed by atoms with Crippen LogP contribution in [0, 0.1) is 0 Å². The molecule has 2 atom stereocenters. The Balaban J connectivity index is 2.44. The van der Waals surface area contributed by atoms with Crippen LogP contribution in [0.25, 0.3) is 0 Å². The third-order valence-corrected chi connectivity index (χ3v) is 1.95. The largest absolute Gasteiger partial charge is 0.387 e. The van der Waals surface area contributed by atoms with Crippen LogP contribution in [-0.4, -0.2) is 29.2 Å². The Morgan fingerprint density at radius 2 is 1.86 bits per heavy atom. The molecule has 0 heterocycles. The third-order valence-electron chi connectivity index (χ3n) is 1.95. The number of hydrogen-bond donors (Lipinski definition) is 2. The van der Waals surface area contributed by atoms with E-state index in [1.165, 1.54) is 0 Å². The molecule has 14 heavy (non-hydrogen) atoms. The fourth-order valence-electron chi connectivity index (χ4n) is 1.24. The van der Waals surface area contributed by atoms with Crippen LogP contribution >= 0.6 is 0 Å². The molecule has 0 saturated heterocycles. The van der Waals surface area contributed by atoms with Crippen LogP contribution in [0.15, 0.2) is 30.3 Å². The molecule has 2 unspecified atom stereocenters. The van der Waals surface area contributed by atoms with E-state index in [0.717, 1.165) is 5.56 Å². The highest BCUT2D eigenvalue weighted by atomic mass is 16.6. The highest BCUT2D eigenvalue weighted by molar-refractivity contribution is 5.15. The van der Waals surface area contributed by atoms with Crippen LogP contribution < -0.4 is 0 Å². The van der Waals surface area contributed by atoms with Crippen molar-refractivity contribution in [2.45, 2.75) is 25.7 Å². The molecule has 0 aromatic heterocycles. The molecule has 1 aromatic rings. The maximum Gasteiger partial charge on any atom is 0.181 e. The summed E-state index contributed by atoms with van der Waals surface area (Å²) in [5.74, 6) is 0. The minimum atomic E-state index is -1.10. The molecule has 0 saturated carbocycles. The smallest absolute Gasteiger partial charge is 0.181 e.